The molecule has 4 nitrogen and oxygen atoms in total. The highest BCUT2D eigenvalue weighted by Gasteiger charge is 2.38. The van der Waals surface area contributed by atoms with Crippen LogP contribution >= 0.6 is 12.6 Å². The minimum Gasteiger partial charge on any atom is -0.379 e. The summed E-state index contributed by atoms with van der Waals surface area (Å²) in [6.45, 7) is 21.2. The van der Waals surface area contributed by atoms with E-state index in [-0.39, 0.29) is 21.8 Å². The lowest BCUT2D eigenvalue weighted by atomic mass is 9.71. The zero-order valence-corrected chi connectivity index (χ0v) is 21.1. The topological polar surface area (TPSA) is 38.8 Å². The molecule has 0 fully saturated rings. The maximum atomic E-state index is 13.3. The van der Waals surface area contributed by atoms with Gasteiger partial charge in [-0.1, -0.05) is 33.0 Å². The van der Waals surface area contributed by atoms with Gasteiger partial charge in [0.15, 0.2) is 0 Å². The lowest BCUT2D eigenvalue weighted by molar-refractivity contribution is -0.144. The van der Waals surface area contributed by atoms with Gasteiger partial charge in [-0.15, -0.1) is 0 Å². The van der Waals surface area contributed by atoms with Gasteiger partial charge in [0.05, 0.1) is 32.1 Å². The molecule has 0 aromatic carbocycles. The number of hydrogen-bond donors (Lipinski definition) is 1. The quantitative estimate of drug-likeness (QED) is 0.359. The van der Waals surface area contributed by atoms with Gasteiger partial charge in [-0.3, -0.25) is 4.79 Å². The zero-order chi connectivity index (χ0) is 22.6. The summed E-state index contributed by atoms with van der Waals surface area (Å²) in [5.74, 6) is 0.0529. The third kappa shape index (κ3) is 11.7. The Morgan fingerprint density at radius 3 is 1.86 bits per heavy atom. The number of rotatable bonds is 12. The molecule has 2 radical (unpaired) electrons. The number of thiol groups is 1. The van der Waals surface area contributed by atoms with E-state index in [1.165, 1.54) is 0 Å². The van der Waals surface area contributed by atoms with Crippen LogP contribution < -0.4 is 0 Å². The Bertz CT molecular complexity index is 505. The summed E-state index contributed by atoms with van der Waals surface area (Å²) in [6.07, 6.45) is 1.82. The van der Waals surface area contributed by atoms with Crippen LogP contribution in [-0.4, -0.2) is 60.4 Å². The van der Waals surface area contributed by atoms with Crippen molar-refractivity contribution in [2.24, 2.45) is 0 Å². The molecule has 28 heavy (non-hydrogen) atoms. The van der Waals surface area contributed by atoms with Gasteiger partial charge < -0.3 is 14.4 Å². The molecular weight excluding hydrogens is 369 g/mol. The Morgan fingerprint density at radius 1 is 0.964 bits per heavy atom. The Kier molecular flexibility index (Phi) is 9.67. The number of hydrogen-bond acceptors (Lipinski definition) is 4. The van der Waals surface area contributed by atoms with Crippen LogP contribution in [0, 0.1) is 0 Å². The molecule has 6 heteroatoms. The molecule has 0 aliphatic heterocycles. The van der Waals surface area contributed by atoms with Gasteiger partial charge in [0.25, 0.3) is 0 Å². The van der Waals surface area contributed by atoms with E-state index >= 15 is 0 Å². The smallest absolute Gasteiger partial charge is 0.225 e. The molecule has 0 aromatic heterocycles. The van der Waals surface area contributed by atoms with Crippen molar-refractivity contribution in [1.82, 2.24) is 4.90 Å². The van der Waals surface area contributed by atoms with E-state index in [0.717, 1.165) is 12.8 Å². The lowest BCUT2D eigenvalue weighted by Gasteiger charge is -2.46. The molecule has 0 N–H and O–H groups in total. The molecule has 0 saturated heterocycles. The van der Waals surface area contributed by atoms with E-state index in [9.17, 15) is 4.79 Å². The van der Waals surface area contributed by atoms with Gasteiger partial charge in [0, 0.05) is 23.9 Å². The third-order valence-corrected chi connectivity index (χ3v) is 4.95. The minimum absolute atomic E-state index is 0.0529. The average Bonchev–Trinajstić information content (AvgIpc) is 2.40. The number of amides is 1. The second kappa shape index (κ2) is 9.74. The fourth-order valence-corrected chi connectivity index (χ4v) is 3.77. The van der Waals surface area contributed by atoms with Crippen molar-refractivity contribution in [2.75, 3.05) is 20.3 Å². The highest BCUT2D eigenvalue weighted by molar-refractivity contribution is 7.81. The van der Waals surface area contributed by atoms with Crippen LogP contribution in [0.4, 0.5) is 0 Å². The predicted molar refractivity (Wildman–Crippen MR) is 124 cm³/mol. The summed E-state index contributed by atoms with van der Waals surface area (Å²) >= 11 is 4.69. The van der Waals surface area contributed by atoms with Crippen LogP contribution in [0.15, 0.2) is 0 Å². The predicted octanol–water partition coefficient (Wildman–Crippen LogP) is 5.06. The molecule has 0 atom stereocenters. The minimum atomic E-state index is -0.565. The van der Waals surface area contributed by atoms with Crippen molar-refractivity contribution in [1.29, 1.82) is 0 Å². The van der Waals surface area contributed by atoms with E-state index in [4.69, 9.17) is 17.3 Å². The molecule has 0 aliphatic carbocycles. The average molecular weight is 413 g/mol. The van der Waals surface area contributed by atoms with E-state index in [0.29, 0.717) is 19.6 Å². The first-order valence-corrected chi connectivity index (χ1v) is 10.7. The fourth-order valence-electron chi connectivity index (χ4n) is 3.39. The van der Waals surface area contributed by atoms with Crippen LogP contribution in [0.25, 0.3) is 0 Å². The van der Waals surface area contributed by atoms with Crippen LogP contribution in [0.5, 0.6) is 0 Å². The number of carbonyl (C=O) groups excluding carboxylic acids is 1. The fraction of sp³-hybridized carbons (Fsp3) is 0.955. The second-order valence-corrected chi connectivity index (χ2v) is 12.5. The van der Waals surface area contributed by atoms with Gasteiger partial charge in [-0.05, 0) is 54.4 Å². The summed E-state index contributed by atoms with van der Waals surface area (Å²) in [4.78, 5) is 15.2. The molecule has 0 aromatic rings. The zero-order valence-electron chi connectivity index (χ0n) is 20.2. The summed E-state index contributed by atoms with van der Waals surface area (Å²) < 4.78 is 11.3. The van der Waals surface area contributed by atoms with Gasteiger partial charge >= 0.3 is 0 Å². The summed E-state index contributed by atoms with van der Waals surface area (Å²) in [5.41, 5.74) is -1.17. The maximum absolute atomic E-state index is 13.3. The molecule has 0 unspecified atom stereocenters. The van der Waals surface area contributed by atoms with Gasteiger partial charge in [0.2, 0.25) is 5.91 Å². The first-order chi connectivity index (χ1) is 12.2. The summed E-state index contributed by atoms with van der Waals surface area (Å²) in [7, 11) is 7.98. The van der Waals surface area contributed by atoms with Gasteiger partial charge in [-0.2, -0.15) is 12.6 Å². The van der Waals surface area contributed by atoms with E-state index in [2.05, 4.69) is 40.3 Å². The normalized spacial score (nSPS) is 14.3. The summed E-state index contributed by atoms with van der Waals surface area (Å²) in [5, 5.41) is -0.485. The van der Waals surface area contributed by atoms with Crippen molar-refractivity contribution < 1.29 is 14.3 Å². The molecular formula is C22H44BNO3S. The second-order valence-electron chi connectivity index (χ2n) is 11.3. The molecule has 0 saturated carbocycles. The van der Waals surface area contributed by atoms with Gasteiger partial charge in [0.1, 0.15) is 0 Å². The van der Waals surface area contributed by atoms with E-state index in [1.807, 2.05) is 46.4 Å². The molecule has 164 valence electrons. The molecule has 0 spiro atoms. The SMILES string of the molecule is [B]C(C)(C)CN(C(=O)CC(C)(C)OCCC(C)(C)OC)C(C)(C)CC(C)(C)S. The molecule has 0 aliphatic rings. The first kappa shape index (κ1) is 27.8. The Hall–Kier alpha value is -0.195. The third-order valence-electron chi connectivity index (χ3n) is 4.79. The number of nitrogens with zero attached hydrogens (tertiary/aromatic N) is 1. The maximum Gasteiger partial charge on any atom is 0.225 e. The van der Waals surface area contributed by atoms with E-state index in [1.54, 1.807) is 7.11 Å². The Balaban J connectivity index is 5.28. The standard InChI is InChI=1S/C22H44BNO3S/c1-18(2,23)16-24(19(3,4)15-22(9,10)28)17(25)14-21(7,8)27-13-12-20(5,6)26-11/h28H,12-16H2,1-11H3. The summed E-state index contributed by atoms with van der Waals surface area (Å²) in [6, 6.07) is 0. The Morgan fingerprint density at radius 2 is 1.46 bits per heavy atom. The highest BCUT2D eigenvalue weighted by atomic mass is 32.1. The van der Waals surface area contributed by atoms with Crippen LogP contribution in [0.2, 0.25) is 5.31 Å². The lowest BCUT2D eigenvalue weighted by Crippen LogP contribution is -2.54. The van der Waals surface area contributed by atoms with Crippen molar-refractivity contribution in [2.45, 2.75) is 115 Å². The number of ether oxygens (including phenoxy) is 2. The van der Waals surface area contributed by atoms with Crippen LogP contribution in [0.3, 0.4) is 0 Å². The van der Waals surface area contributed by atoms with Gasteiger partial charge in [-0.25, -0.2) is 0 Å². The number of methoxy groups -OCH3 is 1. The first-order valence-electron chi connectivity index (χ1n) is 10.2. The van der Waals surface area contributed by atoms with Crippen LogP contribution in [-0.2, 0) is 14.3 Å². The van der Waals surface area contributed by atoms with Crippen molar-refractivity contribution in [3.8, 4) is 0 Å². The van der Waals surface area contributed by atoms with Crippen LogP contribution in [0.1, 0.15) is 88.5 Å². The molecule has 0 bridgehead atoms. The van der Waals surface area contributed by atoms with Crippen molar-refractivity contribution >= 4 is 26.4 Å². The molecule has 1 amide bonds. The largest absolute Gasteiger partial charge is 0.379 e. The van der Waals surface area contributed by atoms with Crippen molar-refractivity contribution in [3.05, 3.63) is 0 Å². The van der Waals surface area contributed by atoms with Crippen molar-refractivity contribution in [3.63, 3.8) is 0 Å². The van der Waals surface area contributed by atoms with E-state index < -0.39 is 10.9 Å². The highest BCUT2D eigenvalue weighted by Crippen LogP contribution is 2.34. The molecule has 0 heterocycles. The number of carbonyl (C=O) groups is 1. The molecule has 0 rings (SSSR count). The Labute approximate surface area is 181 Å². The monoisotopic (exact) mass is 413 g/mol.